The number of para-hydroxylation sites is 4. The van der Waals surface area contributed by atoms with Gasteiger partial charge in [-0.3, -0.25) is 0 Å². The molecule has 0 saturated carbocycles. The summed E-state index contributed by atoms with van der Waals surface area (Å²) in [5.41, 5.74) is 15.5. The summed E-state index contributed by atoms with van der Waals surface area (Å²) in [4.78, 5) is 10.1. The summed E-state index contributed by atoms with van der Waals surface area (Å²) in [5.74, 6) is 0.634. The molecule has 0 fully saturated rings. The van der Waals surface area contributed by atoms with Gasteiger partial charge < -0.3 is 13.6 Å². The van der Waals surface area contributed by atoms with Gasteiger partial charge in [-0.25, -0.2) is 4.98 Å². The van der Waals surface area contributed by atoms with E-state index in [4.69, 9.17) is 14.4 Å². The number of benzene rings is 7. The zero-order valence-corrected chi connectivity index (χ0v) is 30.9. The fourth-order valence-corrected chi connectivity index (χ4v) is 9.09. The highest BCUT2D eigenvalue weighted by Gasteiger charge is 2.23. The van der Waals surface area contributed by atoms with Gasteiger partial charge in [0.15, 0.2) is 5.82 Å². The minimum atomic E-state index is 0.591. The number of rotatable bonds is 5. The van der Waals surface area contributed by atoms with Crippen LogP contribution in [0.3, 0.4) is 0 Å². The lowest BCUT2D eigenvalue weighted by molar-refractivity contribution is 0.653. The molecule has 5 nitrogen and oxygen atoms in total. The van der Waals surface area contributed by atoms with Crippen molar-refractivity contribution in [2.75, 3.05) is 0 Å². The van der Waals surface area contributed by atoms with Gasteiger partial charge in [-0.15, -0.1) is 0 Å². The lowest BCUT2D eigenvalue weighted by Gasteiger charge is -2.18. The molecule has 0 N–H and O–H groups in total. The molecule has 11 aromatic rings. The number of aromatic nitrogens is 4. The summed E-state index contributed by atoms with van der Waals surface area (Å²) >= 11 is 0. The summed E-state index contributed by atoms with van der Waals surface area (Å²) in [5, 5.41) is 5.74. The molecule has 268 valence electrons. The van der Waals surface area contributed by atoms with Crippen molar-refractivity contribution in [1.29, 1.82) is 0 Å². The second-order valence-electron chi connectivity index (χ2n) is 14.9. The second kappa shape index (κ2) is 12.5. The van der Waals surface area contributed by atoms with Crippen LogP contribution in [-0.2, 0) is 6.42 Å². The fourth-order valence-electron chi connectivity index (χ4n) is 9.09. The van der Waals surface area contributed by atoms with Crippen LogP contribution in [0.2, 0.25) is 0 Å². The molecular formula is C52H34N4O. The Labute approximate surface area is 328 Å². The standard InChI is InChI=1S/C52H34N4O/c1-3-13-33(14-4-1)50-49-41-19-9-12-22-48(41)57-52(49)54-51(53-50)34-23-27-38(28-24-34)56-45-21-11-8-18-40(45)43-32-36(26-30-47(43)56)35-25-29-46-42(31-35)39-17-7-10-20-44(39)55(46)37-15-5-2-6-16-37/h1-24,26-28,30-32H,25,29H2. The molecule has 0 atom stereocenters. The number of allylic oxidation sites excluding steroid dienone is 1. The topological polar surface area (TPSA) is 48.8 Å². The first-order valence-electron chi connectivity index (χ1n) is 19.5. The Balaban J connectivity index is 0.956. The Morgan fingerprint density at radius 3 is 1.89 bits per heavy atom. The van der Waals surface area contributed by atoms with Crippen LogP contribution < -0.4 is 0 Å². The van der Waals surface area contributed by atoms with E-state index < -0.39 is 0 Å². The molecule has 57 heavy (non-hydrogen) atoms. The zero-order chi connectivity index (χ0) is 37.5. The largest absolute Gasteiger partial charge is 0.438 e. The van der Waals surface area contributed by atoms with Crippen LogP contribution in [0.25, 0.3) is 100 Å². The summed E-state index contributed by atoms with van der Waals surface area (Å²) in [6.45, 7) is 0. The third-order valence-electron chi connectivity index (χ3n) is 11.7. The summed E-state index contributed by atoms with van der Waals surface area (Å²) in [7, 11) is 0. The Morgan fingerprint density at radius 2 is 1.09 bits per heavy atom. The van der Waals surface area contributed by atoms with Gasteiger partial charge in [0.25, 0.3) is 0 Å². The van der Waals surface area contributed by atoms with Crippen molar-refractivity contribution >= 4 is 66.4 Å². The van der Waals surface area contributed by atoms with E-state index in [0.29, 0.717) is 11.5 Å². The quantitative estimate of drug-likeness (QED) is 0.177. The molecule has 0 amide bonds. The average Bonchev–Trinajstić information content (AvgIpc) is 3.94. The maximum Gasteiger partial charge on any atom is 0.231 e. The van der Waals surface area contributed by atoms with Crippen molar-refractivity contribution in [3.63, 3.8) is 0 Å². The predicted octanol–water partition coefficient (Wildman–Crippen LogP) is 13.2. The number of furan rings is 1. The van der Waals surface area contributed by atoms with Crippen LogP contribution in [0.4, 0.5) is 0 Å². The molecule has 5 heteroatoms. The van der Waals surface area contributed by atoms with E-state index >= 15 is 0 Å². The van der Waals surface area contributed by atoms with Gasteiger partial charge >= 0.3 is 0 Å². The van der Waals surface area contributed by atoms with Gasteiger partial charge in [-0.05, 0) is 96.8 Å². The lowest BCUT2D eigenvalue weighted by Crippen LogP contribution is -2.05. The highest BCUT2D eigenvalue weighted by atomic mass is 16.3. The van der Waals surface area contributed by atoms with Crippen LogP contribution in [0.15, 0.2) is 180 Å². The van der Waals surface area contributed by atoms with Crippen molar-refractivity contribution in [1.82, 2.24) is 19.1 Å². The third kappa shape index (κ3) is 4.95. The van der Waals surface area contributed by atoms with Crippen LogP contribution in [0.1, 0.15) is 23.2 Å². The molecule has 0 bridgehead atoms. The highest BCUT2D eigenvalue weighted by molar-refractivity contribution is 6.12. The maximum absolute atomic E-state index is 6.30. The molecule has 0 saturated heterocycles. The molecule has 4 heterocycles. The molecule has 0 aliphatic heterocycles. The Hall–Kier alpha value is -7.50. The van der Waals surface area contributed by atoms with E-state index in [9.17, 15) is 0 Å². The van der Waals surface area contributed by atoms with Crippen LogP contribution in [-0.4, -0.2) is 19.1 Å². The van der Waals surface area contributed by atoms with Gasteiger partial charge in [0, 0.05) is 55.3 Å². The minimum absolute atomic E-state index is 0.591. The summed E-state index contributed by atoms with van der Waals surface area (Å²) in [6.07, 6.45) is 4.40. The molecule has 4 aromatic heterocycles. The summed E-state index contributed by atoms with van der Waals surface area (Å²) < 4.78 is 11.1. The van der Waals surface area contributed by atoms with Gasteiger partial charge in [-0.2, -0.15) is 4.98 Å². The molecular weight excluding hydrogens is 697 g/mol. The van der Waals surface area contributed by atoms with E-state index in [0.717, 1.165) is 51.7 Å². The summed E-state index contributed by atoms with van der Waals surface area (Å²) in [6, 6.07) is 62.3. The van der Waals surface area contributed by atoms with Crippen molar-refractivity contribution in [2.24, 2.45) is 0 Å². The van der Waals surface area contributed by atoms with Gasteiger partial charge in [0.05, 0.1) is 27.6 Å². The molecule has 1 aliphatic rings. The molecule has 7 aromatic carbocycles. The molecule has 12 rings (SSSR count). The molecule has 0 spiro atoms. The normalized spacial score (nSPS) is 12.9. The molecule has 0 unspecified atom stereocenters. The zero-order valence-electron chi connectivity index (χ0n) is 30.9. The minimum Gasteiger partial charge on any atom is -0.438 e. The third-order valence-corrected chi connectivity index (χ3v) is 11.7. The predicted molar refractivity (Wildman–Crippen MR) is 234 cm³/mol. The van der Waals surface area contributed by atoms with Crippen molar-refractivity contribution in [3.05, 3.63) is 193 Å². The first-order chi connectivity index (χ1) is 28.3. The Morgan fingerprint density at radius 1 is 0.456 bits per heavy atom. The van der Waals surface area contributed by atoms with E-state index in [1.54, 1.807) is 0 Å². The highest BCUT2D eigenvalue weighted by Crippen LogP contribution is 2.41. The van der Waals surface area contributed by atoms with E-state index in [-0.39, 0.29) is 0 Å². The van der Waals surface area contributed by atoms with Gasteiger partial charge in [0.2, 0.25) is 5.71 Å². The Bertz CT molecular complexity index is 3390. The van der Waals surface area contributed by atoms with Crippen LogP contribution in [0, 0.1) is 0 Å². The fraction of sp³-hybridized carbons (Fsp3) is 0.0385. The monoisotopic (exact) mass is 730 g/mol. The number of fused-ring (bicyclic) bond motifs is 9. The van der Waals surface area contributed by atoms with Crippen molar-refractivity contribution in [2.45, 2.75) is 12.8 Å². The number of hydrogen-bond acceptors (Lipinski definition) is 3. The van der Waals surface area contributed by atoms with E-state index in [1.165, 1.54) is 60.8 Å². The number of nitrogens with zero attached hydrogens (tertiary/aromatic N) is 4. The van der Waals surface area contributed by atoms with Crippen molar-refractivity contribution < 1.29 is 4.42 Å². The van der Waals surface area contributed by atoms with Crippen LogP contribution in [0.5, 0.6) is 0 Å². The van der Waals surface area contributed by atoms with Crippen molar-refractivity contribution in [3.8, 4) is 34.0 Å². The maximum atomic E-state index is 6.30. The van der Waals surface area contributed by atoms with Gasteiger partial charge in [-0.1, -0.05) is 109 Å². The van der Waals surface area contributed by atoms with Crippen LogP contribution >= 0.6 is 0 Å². The lowest BCUT2D eigenvalue weighted by atomic mass is 9.90. The number of hydrogen-bond donors (Lipinski definition) is 0. The van der Waals surface area contributed by atoms with Gasteiger partial charge in [0.1, 0.15) is 5.58 Å². The smallest absolute Gasteiger partial charge is 0.231 e. The second-order valence-corrected chi connectivity index (χ2v) is 14.9. The van der Waals surface area contributed by atoms with E-state index in [1.807, 2.05) is 36.4 Å². The van der Waals surface area contributed by atoms with E-state index in [2.05, 4.69) is 155 Å². The first kappa shape index (κ1) is 31.8. The molecule has 1 aliphatic carbocycles. The average molecular weight is 731 g/mol. The SMILES string of the molecule is C1=C(c2ccc3c(c2)c2ccccc2n3-c2ccc(-c3nc(-c4ccccc4)c4c(n3)oc3ccccc34)cc2)CCc2c1c1ccccc1n2-c1ccccc1. The first-order valence-corrected chi connectivity index (χ1v) is 19.5. The molecule has 0 radical (unpaired) electrons. The Kier molecular flexibility index (Phi) is 6.99.